The highest BCUT2D eigenvalue weighted by molar-refractivity contribution is 14.1. The first-order valence-electron chi connectivity index (χ1n) is 6.78. The van der Waals surface area contributed by atoms with E-state index in [1.54, 1.807) is 37.0 Å². The summed E-state index contributed by atoms with van der Waals surface area (Å²) in [4.78, 5) is 23.0. The number of hydrogen-bond donors (Lipinski definition) is 2. The lowest BCUT2D eigenvalue weighted by Crippen LogP contribution is -2.21. The molecule has 0 unspecified atom stereocenters. The maximum absolute atomic E-state index is 12.0. The number of carbonyl (C=O) groups excluding carboxylic acids is 2. The van der Waals surface area contributed by atoms with Crippen molar-refractivity contribution < 1.29 is 9.59 Å². The normalized spacial score (nSPS) is 11.2. The number of benzene rings is 1. The Morgan fingerprint density at radius 3 is 2.39 bits per heavy atom. The first kappa shape index (κ1) is 17.1. The van der Waals surface area contributed by atoms with Crippen molar-refractivity contribution in [3.05, 3.63) is 45.3 Å². The lowest BCUT2D eigenvalue weighted by molar-refractivity contribution is -0.114. The number of amides is 2. The van der Waals surface area contributed by atoms with Crippen LogP contribution >= 0.6 is 22.6 Å². The molecule has 1 aromatic heterocycles. The van der Waals surface area contributed by atoms with Gasteiger partial charge in [-0.05, 0) is 47.2 Å². The molecular weight excluding hydrogens is 409 g/mol. The molecule has 0 radical (unpaired) electrons. The van der Waals surface area contributed by atoms with Gasteiger partial charge in [-0.3, -0.25) is 14.3 Å². The highest BCUT2D eigenvalue weighted by Crippen LogP contribution is 2.11. The number of hydrazone groups is 1. The average molecular weight is 425 g/mol. The summed E-state index contributed by atoms with van der Waals surface area (Å²) in [6.07, 6.45) is 1.76. The van der Waals surface area contributed by atoms with E-state index in [0.717, 1.165) is 9.13 Å². The first-order chi connectivity index (χ1) is 10.9. The Kier molecular flexibility index (Phi) is 5.48. The highest BCUT2D eigenvalue weighted by atomic mass is 127. The number of aromatic nitrogens is 2. The van der Waals surface area contributed by atoms with Gasteiger partial charge in [0.15, 0.2) is 5.69 Å². The van der Waals surface area contributed by atoms with Gasteiger partial charge in [0, 0.05) is 25.9 Å². The smallest absolute Gasteiger partial charge is 0.292 e. The molecule has 2 amide bonds. The van der Waals surface area contributed by atoms with Gasteiger partial charge < -0.3 is 5.32 Å². The third kappa shape index (κ3) is 4.62. The Hall–Kier alpha value is -2.23. The van der Waals surface area contributed by atoms with E-state index in [-0.39, 0.29) is 11.8 Å². The van der Waals surface area contributed by atoms with Crippen LogP contribution in [0.2, 0.25) is 0 Å². The van der Waals surface area contributed by atoms with Gasteiger partial charge in [0.2, 0.25) is 5.91 Å². The minimum Gasteiger partial charge on any atom is -0.326 e. The van der Waals surface area contributed by atoms with E-state index in [1.165, 1.54) is 6.92 Å². The van der Waals surface area contributed by atoms with E-state index < -0.39 is 0 Å². The molecule has 0 atom stereocenters. The molecule has 0 bridgehead atoms. The highest BCUT2D eigenvalue weighted by Gasteiger charge is 2.13. The molecule has 0 saturated heterocycles. The van der Waals surface area contributed by atoms with Crippen LogP contribution in [-0.4, -0.2) is 27.3 Å². The average Bonchev–Trinajstić information content (AvgIpc) is 2.83. The molecule has 23 heavy (non-hydrogen) atoms. The Balaban J connectivity index is 2.06. The minimum atomic E-state index is -0.357. The predicted molar refractivity (Wildman–Crippen MR) is 96.3 cm³/mol. The number of nitrogens with one attached hydrogen (secondary N) is 2. The molecule has 2 rings (SSSR count). The second-order valence-electron chi connectivity index (χ2n) is 4.90. The molecule has 1 aromatic carbocycles. The summed E-state index contributed by atoms with van der Waals surface area (Å²) in [6, 6.07) is 7.19. The topological polar surface area (TPSA) is 88.4 Å². The summed E-state index contributed by atoms with van der Waals surface area (Å²) >= 11 is 2.05. The molecular formula is C15H16IN5O2. The van der Waals surface area contributed by atoms with E-state index in [4.69, 9.17) is 0 Å². The van der Waals surface area contributed by atoms with Crippen LogP contribution in [0.3, 0.4) is 0 Å². The summed E-state index contributed by atoms with van der Waals surface area (Å²) in [5.41, 5.74) is 5.04. The van der Waals surface area contributed by atoms with Crippen molar-refractivity contribution in [3.63, 3.8) is 0 Å². The van der Waals surface area contributed by atoms with Gasteiger partial charge >= 0.3 is 0 Å². The SMILES string of the molecule is CC(=O)Nc1ccc(C(C)=NNC(=O)c2nn(C)cc2I)cc1. The Morgan fingerprint density at radius 2 is 1.87 bits per heavy atom. The van der Waals surface area contributed by atoms with Crippen LogP contribution in [-0.2, 0) is 11.8 Å². The van der Waals surface area contributed by atoms with Gasteiger partial charge in [-0.25, -0.2) is 5.43 Å². The van der Waals surface area contributed by atoms with Gasteiger partial charge in [0.25, 0.3) is 5.91 Å². The summed E-state index contributed by atoms with van der Waals surface area (Å²) in [5, 5.41) is 10.9. The Morgan fingerprint density at radius 1 is 1.22 bits per heavy atom. The number of anilines is 1. The van der Waals surface area contributed by atoms with E-state index in [0.29, 0.717) is 17.1 Å². The zero-order valence-corrected chi connectivity index (χ0v) is 15.1. The van der Waals surface area contributed by atoms with Crippen molar-refractivity contribution in [1.82, 2.24) is 15.2 Å². The molecule has 0 fully saturated rings. The number of hydrogen-bond acceptors (Lipinski definition) is 4. The molecule has 1 heterocycles. The zero-order chi connectivity index (χ0) is 17.0. The van der Waals surface area contributed by atoms with Crippen LogP contribution in [0.25, 0.3) is 0 Å². The summed E-state index contributed by atoms with van der Waals surface area (Å²) < 4.78 is 2.34. The maximum atomic E-state index is 12.0. The molecule has 2 N–H and O–H groups in total. The Bertz CT molecular complexity index is 765. The van der Waals surface area contributed by atoms with Crippen molar-refractivity contribution in [2.24, 2.45) is 12.1 Å². The van der Waals surface area contributed by atoms with E-state index in [9.17, 15) is 9.59 Å². The van der Waals surface area contributed by atoms with Crippen LogP contribution in [0.1, 0.15) is 29.9 Å². The number of carbonyl (C=O) groups is 2. The molecule has 120 valence electrons. The fourth-order valence-electron chi connectivity index (χ4n) is 1.86. The summed E-state index contributed by atoms with van der Waals surface area (Å²) in [5.74, 6) is -0.482. The van der Waals surface area contributed by atoms with Crippen molar-refractivity contribution in [2.45, 2.75) is 13.8 Å². The van der Waals surface area contributed by atoms with Crippen LogP contribution in [0.4, 0.5) is 5.69 Å². The van der Waals surface area contributed by atoms with Crippen LogP contribution in [0, 0.1) is 3.57 Å². The number of rotatable bonds is 4. The van der Waals surface area contributed by atoms with E-state index >= 15 is 0 Å². The van der Waals surface area contributed by atoms with E-state index in [2.05, 4.69) is 43.5 Å². The lowest BCUT2D eigenvalue weighted by atomic mass is 10.1. The predicted octanol–water partition coefficient (Wildman–Crippen LogP) is 2.14. The Labute approximate surface area is 147 Å². The molecule has 0 spiro atoms. The summed E-state index contributed by atoms with van der Waals surface area (Å²) in [7, 11) is 1.75. The van der Waals surface area contributed by atoms with Crippen LogP contribution < -0.4 is 10.7 Å². The fourth-order valence-corrected chi connectivity index (χ4v) is 2.62. The van der Waals surface area contributed by atoms with Crippen molar-refractivity contribution in [2.75, 3.05) is 5.32 Å². The molecule has 0 aliphatic heterocycles. The van der Waals surface area contributed by atoms with Crippen molar-refractivity contribution >= 4 is 45.8 Å². The van der Waals surface area contributed by atoms with Crippen LogP contribution in [0.15, 0.2) is 35.6 Å². The van der Waals surface area contributed by atoms with Crippen LogP contribution in [0.5, 0.6) is 0 Å². The van der Waals surface area contributed by atoms with Gasteiger partial charge in [-0.1, -0.05) is 12.1 Å². The quantitative estimate of drug-likeness (QED) is 0.447. The second-order valence-corrected chi connectivity index (χ2v) is 6.06. The first-order valence-corrected chi connectivity index (χ1v) is 7.86. The third-order valence-corrected chi connectivity index (χ3v) is 3.74. The minimum absolute atomic E-state index is 0.125. The van der Waals surface area contributed by atoms with Gasteiger partial charge in [0.05, 0.1) is 9.28 Å². The molecule has 8 heteroatoms. The standard InChI is InChI=1S/C15H16IN5O2/c1-9(11-4-6-12(7-5-11)17-10(2)22)18-19-15(23)14-13(16)8-21(3)20-14/h4-8H,1-3H3,(H,17,22)(H,19,23). The molecule has 2 aromatic rings. The van der Waals surface area contributed by atoms with Gasteiger partial charge in [-0.15, -0.1) is 0 Å². The third-order valence-electron chi connectivity index (χ3n) is 2.95. The molecule has 0 saturated carbocycles. The van der Waals surface area contributed by atoms with Gasteiger partial charge in [0.1, 0.15) is 0 Å². The molecule has 0 aliphatic carbocycles. The number of aryl methyl sites for hydroxylation is 1. The monoisotopic (exact) mass is 425 g/mol. The molecule has 7 nitrogen and oxygen atoms in total. The zero-order valence-electron chi connectivity index (χ0n) is 12.9. The second kappa shape index (κ2) is 7.36. The molecule has 0 aliphatic rings. The largest absolute Gasteiger partial charge is 0.326 e. The van der Waals surface area contributed by atoms with E-state index in [1.807, 2.05) is 12.1 Å². The number of halogens is 1. The number of nitrogens with zero attached hydrogens (tertiary/aromatic N) is 3. The van der Waals surface area contributed by atoms with Crippen molar-refractivity contribution in [1.29, 1.82) is 0 Å². The summed E-state index contributed by atoms with van der Waals surface area (Å²) in [6.45, 7) is 3.24. The maximum Gasteiger partial charge on any atom is 0.292 e. The lowest BCUT2D eigenvalue weighted by Gasteiger charge is -2.05. The van der Waals surface area contributed by atoms with Gasteiger partial charge in [-0.2, -0.15) is 10.2 Å². The fraction of sp³-hybridized carbons (Fsp3) is 0.200. The van der Waals surface area contributed by atoms with Crippen molar-refractivity contribution in [3.8, 4) is 0 Å².